The summed E-state index contributed by atoms with van der Waals surface area (Å²) in [5.74, 6) is -0.162. The molecule has 1 saturated heterocycles. The van der Waals surface area contributed by atoms with E-state index in [2.05, 4.69) is 10.3 Å². The molecule has 0 radical (unpaired) electrons. The van der Waals surface area contributed by atoms with Crippen LogP contribution in [0.1, 0.15) is 30.1 Å². The van der Waals surface area contributed by atoms with Crippen molar-refractivity contribution < 1.29 is 18.7 Å². The first-order valence-corrected chi connectivity index (χ1v) is 8.95. The molecule has 27 heavy (non-hydrogen) atoms. The van der Waals surface area contributed by atoms with Crippen LogP contribution in [-0.4, -0.2) is 46.9 Å². The second-order valence-electron chi connectivity index (χ2n) is 6.53. The number of likely N-dealkylation sites (tertiary alicyclic amines) is 1. The number of carbonyl (C=O) groups excluding carboxylic acids is 2. The van der Waals surface area contributed by atoms with Gasteiger partial charge in [-0.05, 0) is 56.2 Å². The highest BCUT2D eigenvalue weighted by atomic mass is 19.1. The second kappa shape index (κ2) is 8.62. The number of nitrogens with one attached hydrogen (secondary N) is 1. The number of ether oxygens (including phenoxy) is 1. The molecule has 2 aromatic rings. The van der Waals surface area contributed by atoms with Crippen LogP contribution >= 0.6 is 0 Å². The number of carbonyl (C=O) groups is 2. The van der Waals surface area contributed by atoms with Gasteiger partial charge >= 0.3 is 0 Å². The van der Waals surface area contributed by atoms with Gasteiger partial charge in [-0.1, -0.05) is 0 Å². The molecule has 2 amide bonds. The Hall–Kier alpha value is -2.96. The molecule has 0 aliphatic carbocycles. The molecule has 1 aliphatic heterocycles. The topological polar surface area (TPSA) is 71.5 Å². The fraction of sp³-hybridized carbons (Fsp3) is 0.350. The minimum atomic E-state index is -0.656. The molecular formula is C20H22FN3O3. The van der Waals surface area contributed by atoms with Crippen LogP contribution in [0.15, 0.2) is 48.8 Å². The number of rotatable bonds is 5. The summed E-state index contributed by atoms with van der Waals surface area (Å²) in [5.41, 5.74) is 0.525. The molecule has 2 heterocycles. The Balaban J connectivity index is 1.47. The van der Waals surface area contributed by atoms with Crippen LogP contribution in [0.2, 0.25) is 0 Å². The van der Waals surface area contributed by atoms with Gasteiger partial charge in [0, 0.05) is 31.5 Å². The van der Waals surface area contributed by atoms with E-state index in [-0.39, 0.29) is 23.7 Å². The van der Waals surface area contributed by atoms with Gasteiger partial charge in [-0.25, -0.2) is 4.39 Å². The first-order valence-electron chi connectivity index (χ1n) is 8.95. The number of benzene rings is 1. The van der Waals surface area contributed by atoms with E-state index in [4.69, 9.17) is 4.74 Å². The number of nitrogens with zero attached hydrogens (tertiary/aromatic N) is 2. The number of halogens is 1. The standard InChI is InChI=1S/C20H22FN3O3/c1-14(27-18-6-4-16(21)5-7-18)20(26)24-11-8-17(9-12-24)23-19(25)15-3-2-10-22-13-15/h2-7,10,13-14,17H,8-9,11-12H2,1H3,(H,23,25)/t14-/m1/s1. The number of piperidine rings is 1. The third-order valence-corrected chi connectivity index (χ3v) is 4.54. The van der Waals surface area contributed by atoms with Crippen molar-refractivity contribution in [1.82, 2.24) is 15.2 Å². The van der Waals surface area contributed by atoms with Crippen LogP contribution in [-0.2, 0) is 4.79 Å². The first kappa shape index (κ1) is 18.8. The van der Waals surface area contributed by atoms with Crippen LogP contribution in [0, 0.1) is 5.82 Å². The molecule has 0 saturated carbocycles. The number of hydrogen-bond acceptors (Lipinski definition) is 4. The van der Waals surface area contributed by atoms with Crippen LogP contribution in [0.3, 0.4) is 0 Å². The second-order valence-corrected chi connectivity index (χ2v) is 6.53. The fourth-order valence-corrected chi connectivity index (χ4v) is 3.03. The Kier molecular flexibility index (Phi) is 6.01. The predicted octanol–water partition coefficient (Wildman–Crippen LogP) is 2.41. The number of pyridine rings is 1. The molecule has 1 N–H and O–H groups in total. The summed E-state index contributed by atoms with van der Waals surface area (Å²) in [7, 11) is 0. The van der Waals surface area contributed by atoms with E-state index >= 15 is 0 Å². The average Bonchev–Trinajstić information content (AvgIpc) is 2.70. The van der Waals surface area contributed by atoms with Gasteiger partial charge in [0.25, 0.3) is 11.8 Å². The van der Waals surface area contributed by atoms with E-state index in [1.54, 1.807) is 30.2 Å². The van der Waals surface area contributed by atoms with Crippen LogP contribution in [0.25, 0.3) is 0 Å². The Morgan fingerprint density at radius 2 is 1.93 bits per heavy atom. The highest BCUT2D eigenvalue weighted by molar-refractivity contribution is 5.94. The SMILES string of the molecule is C[C@@H](Oc1ccc(F)cc1)C(=O)N1CCC(NC(=O)c2cccnc2)CC1. The number of aromatic nitrogens is 1. The molecule has 3 rings (SSSR count). The Morgan fingerprint density at radius 3 is 2.56 bits per heavy atom. The smallest absolute Gasteiger partial charge is 0.263 e. The van der Waals surface area contributed by atoms with Gasteiger partial charge in [-0.3, -0.25) is 14.6 Å². The summed E-state index contributed by atoms with van der Waals surface area (Å²) in [6.45, 7) is 2.78. The van der Waals surface area contributed by atoms with Crippen LogP contribution in [0.5, 0.6) is 5.75 Å². The van der Waals surface area contributed by atoms with Crippen molar-refractivity contribution >= 4 is 11.8 Å². The third kappa shape index (κ3) is 5.03. The average molecular weight is 371 g/mol. The van der Waals surface area contributed by atoms with Gasteiger partial charge in [-0.15, -0.1) is 0 Å². The van der Waals surface area contributed by atoms with E-state index in [1.165, 1.54) is 30.5 Å². The molecule has 1 aromatic carbocycles. The molecule has 1 fully saturated rings. The molecule has 1 atom stereocenters. The highest BCUT2D eigenvalue weighted by Gasteiger charge is 2.27. The number of amides is 2. The maximum absolute atomic E-state index is 12.9. The van der Waals surface area contributed by atoms with Crippen molar-refractivity contribution in [3.63, 3.8) is 0 Å². The zero-order chi connectivity index (χ0) is 19.2. The molecule has 6 nitrogen and oxygen atoms in total. The van der Waals surface area contributed by atoms with Crippen molar-refractivity contribution in [2.24, 2.45) is 0 Å². The summed E-state index contributed by atoms with van der Waals surface area (Å²) in [4.78, 5) is 30.4. The molecule has 142 valence electrons. The lowest BCUT2D eigenvalue weighted by Gasteiger charge is -2.33. The maximum atomic E-state index is 12.9. The first-order chi connectivity index (χ1) is 13.0. The zero-order valence-corrected chi connectivity index (χ0v) is 15.1. The molecular weight excluding hydrogens is 349 g/mol. The van der Waals surface area contributed by atoms with Gasteiger partial charge in [0.05, 0.1) is 5.56 Å². The summed E-state index contributed by atoms with van der Waals surface area (Å²) >= 11 is 0. The van der Waals surface area contributed by atoms with E-state index in [9.17, 15) is 14.0 Å². The van der Waals surface area contributed by atoms with Crippen LogP contribution < -0.4 is 10.1 Å². The van der Waals surface area contributed by atoms with E-state index in [0.717, 1.165) is 0 Å². The Bertz CT molecular complexity index is 775. The lowest BCUT2D eigenvalue weighted by atomic mass is 10.0. The molecule has 1 aliphatic rings. The summed E-state index contributed by atoms with van der Waals surface area (Å²) in [6.07, 6.45) is 3.86. The fourth-order valence-electron chi connectivity index (χ4n) is 3.03. The van der Waals surface area contributed by atoms with Gasteiger partial charge in [0.2, 0.25) is 0 Å². The Labute approximate surface area is 157 Å². The molecule has 0 spiro atoms. The van der Waals surface area contributed by atoms with Crippen molar-refractivity contribution in [1.29, 1.82) is 0 Å². The van der Waals surface area contributed by atoms with E-state index < -0.39 is 6.10 Å². The van der Waals surface area contributed by atoms with Crippen molar-refractivity contribution in [3.05, 3.63) is 60.2 Å². The van der Waals surface area contributed by atoms with Crippen molar-refractivity contribution in [2.75, 3.05) is 13.1 Å². The molecule has 7 heteroatoms. The third-order valence-electron chi connectivity index (χ3n) is 4.54. The van der Waals surface area contributed by atoms with Gasteiger partial charge < -0.3 is 15.0 Å². The quantitative estimate of drug-likeness (QED) is 0.876. The lowest BCUT2D eigenvalue weighted by Crippen LogP contribution is -2.49. The number of hydrogen-bond donors (Lipinski definition) is 1. The minimum Gasteiger partial charge on any atom is -0.481 e. The zero-order valence-electron chi connectivity index (χ0n) is 15.1. The normalized spacial score (nSPS) is 15.9. The largest absolute Gasteiger partial charge is 0.481 e. The lowest BCUT2D eigenvalue weighted by molar-refractivity contribution is -0.139. The molecule has 0 bridgehead atoms. The maximum Gasteiger partial charge on any atom is 0.263 e. The molecule has 1 aromatic heterocycles. The summed E-state index contributed by atoms with van der Waals surface area (Å²) in [6, 6.07) is 9.05. The molecule has 0 unspecified atom stereocenters. The monoisotopic (exact) mass is 371 g/mol. The summed E-state index contributed by atoms with van der Waals surface area (Å²) < 4.78 is 18.5. The Morgan fingerprint density at radius 1 is 1.22 bits per heavy atom. The van der Waals surface area contributed by atoms with E-state index in [1.807, 2.05) is 0 Å². The minimum absolute atomic E-state index is 0.0232. The van der Waals surface area contributed by atoms with Gasteiger partial charge in [0.1, 0.15) is 11.6 Å². The van der Waals surface area contributed by atoms with Gasteiger partial charge in [0.15, 0.2) is 6.10 Å². The predicted molar refractivity (Wildman–Crippen MR) is 97.8 cm³/mol. The van der Waals surface area contributed by atoms with Gasteiger partial charge in [-0.2, -0.15) is 0 Å². The highest BCUT2D eigenvalue weighted by Crippen LogP contribution is 2.17. The van der Waals surface area contributed by atoms with Crippen molar-refractivity contribution in [2.45, 2.75) is 31.9 Å². The summed E-state index contributed by atoms with van der Waals surface area (Å²) in [5, 5.41) is 2.99. The van der Waals surface area contributed by atoms with Crippen LogP contribution in [0.4, 0.5) is 4.39 Å². The van der Waals surface area contributed by atoms with Crippen molar-refractivity contribution in [3.8, 4) is 5.75 Å². The van der Waals surface area contributed by atoms with E-state index in [0.29, 0.717) is 37.2 Å².